The third kappa shape index (κ3) is 4.25. The predicted molar refractivity (Wildman–Crippen MR) is 131 cm³/mol. The number of hydrogen-bond acceptors (Lipinski definition) is 7. The number of hydrogen-bond donors (Lipinski definition) is 1. The van der Waals surface area contributed by atoms with Crippen molar-refractivity contribution in [3.05, 3.63) is 58.4 Å². The Balaban J connectivity index is 1.33. The number of aromatic nitrogens is 2. The second kappa shape index (κ2) is 9.10. The molecule has 2 aliphatic rings. The van der Waals surface area contributed by atoms with Gasteiger partial charge in [0.05, 0.1) is 36.3 Å². The largest absolute Gasteiger partial charge is 0.496 e. The zero-order chi connectivity index (χ0) is 24.7. The molecule has 0 bridgehead atoms. The van der Waals surface area contributed by atoms with Crippen molar-refractivity contribution in [1.29, 1.82) is 0 Å². The first kappa shape index (κ1) is 23.0. The molecule has 0 aliphatic carbocycles. The van der Waals surface area contributed by atoms with Crippen LogP contribution >= 0.6 is 11.3 Å². The lowest BCUT2D eigenvalue weighted by Crippen LogP contribution is -2.36. The zero-order valence-electron chi connectivity index (χ0n) is 19.7. The first-order chi connectivity index (χ1) is 16.9. The van der Waals surface area contributed by atoms with E-state index >= 15 is 0 Å². The summed E-state index contributed by atoms with van der Waals surface area (Å²) in [4.78, 5) is 51.3. The summed E-state index contributed by atoms with van der Waals surface area (Å²) >= 11 is 1.35. The van der Waals surface area contributed by atoms with Crippen LogP contribution < -0.4 is 10.1 Å². The van der Waals surface area contributed by atoms with Crippen LogP contribution in [-0.2, 0) is 22.7 Å². The van der Waals surface area contributed by atoms with Gasteiger partial charge in [0.15, 0.2) is 5.13 Å². The van der Waals surface area contributed by atoms with Gasteiger partial charge >= 0.3 is 0 Å². The lowest BCUT2D eigenvalue weighted by atomic mass is 9.99. The van der Waals surface area contributed by atoms with Crippen LogP contribution in [0.2, 0.25) is 0 Å². The number of pyridine rings is 1. The normalized spacial score (nSPS) is 17.0. The lowest BCUT2D eigenvalue weighted by Gasteiger charge is -2.19. The van der Waals surface area contributed by atoms with Crippen LogP contribution in [0, 0.1) is 12.8 Å². The van der Waals surface area contributed by atoms with Gasteiger partial charge in [-0.15, -0.1) is 0 Å². The number of ether oxygens (including phenoxy) is 1. The summed E-state index contributed by atoms with van der Waals surface area (Å²) < 4.78 is 5.49. The second-order valence-corrected chi connectivity index (χ2v) is 9.79. The van der Waals surface area contributed by atoms with E-state index in [1.807, 2.05) is 37.3 Å². The molecule has 0 radical (unpaired) electrons. The first-order valence-electron chi connectivity index (χ1n) is 11.3. The molecule has 2 aliphatic heterocycles. The fourth-order valence-electron chi connectivity index (χ4n) is 4.52. The number of carbonyl (C=O) groups is 3. The quantitative estimate of drug-likeness (QED) is 0.550. The van der Waals surface area contributed by atoms with E-state index in [4.69, 9.17) is 4.74 Å². The highest BCUT2D eigenvalue weighted by atomic mass is 32.1. The van der Waals surface area contributed by atoms with E-state index in [0.717, 1.165) is 27.4 Å². The summed E-state index contributed by atoms with van der Waals surface area (Å²) in [6.45, 7) is 3.21. The van der Waals surface area contributed by atoms with E-state index in [1.165, 1.54) is 11.3 Å². The van der Waals surface area contributed by atoms with Crippen molar-refractivity contribution < 1.29 is 19.1 Å². The van der Waals surface area contributed by atoms with Crippen molar-refractivity contribution in [3.8, 4) is 16.9 Å². The van der Waals surface area contributed by atoms with Gasteiger partial charge < -0.3 is 14.5 Å². The molecule has 10 heteroatoms. The Labute approximate surface area is 206 Å². The number of rotatable bonds is 5. The third-order valence-electron chi connectivity index (χ3n) is 6.39. The highest BCUT2D eigenvalue weighted by molar-refractivity contribution is 7.16. The van der Waals surface area contributed by atoms with Gasteiger partial charge in [-0.3, -0.25) is 24.7 Å². The number of thiazole rings is 1. The van der Waals surface area contributed by atoms with Crippen molar-refractivity contribution in [3.63, 3.8) is 0 Å². The Kier molecular flexibility index (Phi) is 5.98. The molecule has 0 saturated carbocycles. The number of anilines is 1. The minimum Gasteiger partial charge on any atom is -0.496 e. The van der Waals surface area contributed by atoms with Crippen LogP contribution in [0.1, 0.15) is 33.0 Å². The van der Waals surface area contributed by atoms with Crippen molar-refractivity contribution in [2.45, 2.75) is 26.4 Å². The molecule has 1 N–H and O–H groups in total. The molecular formula is C25H25N5O4S. The van der Waals surface area contributed by atoms with Crippen LogP contribution in [0.4, 0.5) is 5.13 Å². The molecule has 1 fully saturated rings. The Morgan fingerprint density at radius 3 is 2.71 bits per heavy atom. The highest BCUT2D eigenvalue weighted by Gasteiger charge is 2.39. The van der Waals surface area contributed by atoms with Crippen LogP contribution in [0.3, 0.4) is 0 Å². The molecule has 3 aromatic rings. The van der Waals surface area contributed by atoms with E-state index in [2.05, 4.69) is 15.3 Å². The smallest absolute Gasteiger partial charge is 0.259 e. The third-order valence-corrected chi connectivity index (χ3v) is 7.39. The van der Waals surface area contributed by atoms with Crippen LogP contribution in [0.25, 0.3) is 11.1 Å². The van der Waals surface area contributed by atoms with Gasteiger partial charge in [0.25, 0.3) is 5.91 Å². The van der Waals surface area contributed by atoms with E-state index in [0.29, 0.717) is 42.5 Å². The van der Waals surface area contributed by atoms with Crippen molar-refractivity contribution in [2.24, 2.45) is 5.92 Å². The molecule has 5 rings (SSSR count). The number of aryl methyl sites for hydroxylation is 1. The van der Waals surface area contributed by atoms with Crippen molar-refractivity contribution in [1.82, 2.24) is 19.8 Å². The van der Waals surface area contributed by atoms with E-state index in [1.54, 1.807) is 30.2 Å². The van der Waals surface area contributed by atoms with Gasteiger partial charge in [-0.05, 0) is 25.5 Å². The molecule has 1 aromatic carbocycles. The van der Waals surface area contributed by atoms with Crippen LogP contribution in [0.15, 0.2) is 36.5 Å². The number of fused-ring (bicyclic) bond motifs is 1. The number of para-hydroxylation sites is 1. The summed E-state index contributed by atoms with van der Waals surface area (Å²) in [5.41, 5.74) is 3.47. The van der Waals surface area contributed by atoms with E-state index in [-0.39, 0.29) is 17.7 Å². The van der Waals surface area contributed by atoms with Gasteiger partial charge in [-0.2, -0.15) is 0 Å². The molecular weight excluding hydrogens is 466 g/mol. The fourth-order valence-corrected chi connectivity index (χ4v) is 5.50. The van der Waals surface area contributed by atoms with Crippen molar-refractivity contribution in [2.75, 3.05) is 26.0 Å². The Hall–Kier alpha value is -3.79. The topological polar surface area (TPSA) is 105 Å². The lowest BCUT2D eigenvalue weighted by molar-refractivity contribution is -0.143. The number of nitrogens with one attached hydrogen (secondary N) is 1. The molecule has 1 atom stereocenters. The summed E-state index contributed by atoms with van der Waals surface area (Å²) in [6, 6.07) is 9.38. The van der Waals surface area contributed by atoms with E-state index in [9.17, 15) is 14.4 Å². The molecule has 2 aromatic heterocycles. The molecule has 0 spiro atoms. The van der Waals surface area contributed by atoms with Gasteiger partial charge in [0.1, 0.15) is 11.7 Å². The SMILES string of the molecule is COc1ccccc1-c1cc(C)ncc1C(=O)Nc1nc2c(s1)CN(C(=O)C1CCN(C)C1=O)C2. The number of carbonyl (C=O) groups excluding carboxylic acids is 3. The number of likely N-dealkylation sites (tertiary alicyclic amines) is 1. The maximum atomic E-state index is 13.2. The number of amides is 3. The molecule has 4 heterocycles. The highest BCUT2D eigenvalue weighted by Crippen LogP contribution is 2.35. The predicted octanol–water partition coefficient (Wildman–Crippen LogP) is 3.09. The number of benzene rings is 1. The number of nitrogens with zero attached hydrogens (tertiary/aromatic N) is 4. The van der Waals surface area contributed by atoms with Gasteiger partial charge in [-0.1, -0.05) is 29.5 Å². The monoisotopic (exact) mass is 491 g/mol. The molecule has 1 saturated heterocycles. The summed E-state index contributed by atoms with van der Waals surface area (Å²) in [6.07, 6.45) is 2.11. The summed E-state index contributed by atoms with van der Waals surface area (Å²) in [7, 11) is 3.31. The molecule has 1 unspecified atom stereocenters. The molecule has 35 heavy (non-hydrogen) atoms. The average Bonchev–Trinajstić information content (AvgIpc) is 3.52. The maximum Gasteiger partial charge on any atom is 0.259 e. The minimum atomic E-state index is -0.601. The van der Waals surface area contributed by atoms with Gasteiger partial charge in [0.2, 0.25) is 11.8 Å². The number of methoxy groups -OCH3 is 1. The minimum absolute atomic E-state index is 0.122. The van der Waals surface area contributed by atoms with Gasteiger partial charge in [0, 0.05) is 36.6 Å². The summed E-state index contributed by atoms with van der Waals surface area (Å²) in [5.74, 6) is -0.530. The Morgan fingerprint density at radius 1 is 1.20 bits per heavy atom. The Bertz CT molecular complexity index is 1310. The standard InChI is InChI=1S/C25H25N5O4S/c1-14-10-17(15-6-4-5-7-20(15)34-3)18(11-26-14)22(31)28-25-27-19-12-30(13-21(19)35-25)24(33)16-8-9-29(2)23(16)32/h4-7,10-11,16H,8-9,12-13H2,1-3H3,(H,27,28,31). The fraction of sp³-hybridized carbons (Fsp3) is 0.320. The maximum absolute atomic E-state index is 13.2. The van der Waals surface area contributed by atoms with Crippen LogP contribution in [-0.4, -0.2) is 58.2 Å². The average molecular weight is 492 g/mol. The molecule has 3 amide bonds. The molecule has 9 nitrogen and oxygen atoms in total. The first-order valence-corrected chi connectivity index (χ1v) is 12.1. The Morgan fingerprint density at radius 2 is 2.00 bits per heavy atom. The zero-order valence-corrected chi connectivity index (χ0v) is 20.5. The second-order valence-electron chi connectivity index (χ2n) is 8.71. The van der Waals surface area contributed by atoms with Gasteiger partial charge in [-0.25, -0.2) is 4.98 Å². The van der Waals surface area contributed by atoms with E-state index < -0.39 is 5.92 Å². The molecule has 180 valence electrons. The van der Waals surface area contributed by atoms with Crippen molar-refractivity contribution >= 4 is 34.2 Å². The van der Waals surface area contributed by atoms with Crippen LogP contribution in [0.5, 0.6) is 5.75 Å². The summed E-state index contributed by atoms with van der Waals surface area (Å²) in [5, 5.41) is 3.36.